The van der Waals surface area contributed by atoms with E-state index >= 15 is 0 Å². The lowest BCUT2D eigenvalue weighted by molar-refractivity contribution is -0.305. The van der Waals surface area contributed by atoms with E-state index in [1.165, 1.54) is 4.90 Å². The third-order valence-corrected chi connectivity index (χ3v) is 5.56. The van der Waals surface area contributed by atoms with E-state index in [1.807, 2.05) is 43.3 Å². The second kappa shape index (κ2) is 9.16. The second-order valence-electron chi connectivity index (χ2n) is 8.16. The number of aliphatic carboxylic acids is 1. The Balaban J connectivity index is 2.09. The molecule has 0 bridgehead atoms. The number of nitrogens with zero attached hydrogens (tertiary/aromatic N) is 1. The van der Waals surface area contributed by atoms with E-state index in [1.54, 1.807) is 12.1 Å². The fourth-order valence-electron chi connectivity index (χ4n) is 3.78. The van der Waals surface area contributed by atoms with Gasteiger partial charge in [-0.25, -0.2) is 0 Å². The van der Waals surface area contributed by atoms with Gasteiger partial charge in [-0.05, 0) is 36.8 Å². The van der Waals surface area contributed by atoms with Gasteiger partial charge in [0.25, 0.3) is 11.7 Å². The monoisotopic (exact) mass is 420 g/mol. The number of carboxylic acid groups (broad SMARTS) is 1. The number of Topliss-reactive ketones (excluding diaryl/α,β-unsaturated/α-hetero) is 1. The van der Waals surface area contributed by atoms with Gasteiger partial charge < -0.3 is 19.9 Å². The first-order valence-electron chi connectivity index (χ1n) is 10.4. The van der Waals surface area contributed by atoms with Gasteiger partial charge in [-0.1, -0.05) is 67.9 Å². The van der Waals surface area contributed by atoms with Crippen molar-refractivity contribution in [3.8, 4) is 0 Å². The third kappa shape index (κ3) is 4.68. The largest absolute Gasteiger partial charge is 0.550 e. The highest BCUT2D eigenvalue weighted by molar-refractivity contribution is 6.46. The van der Waals surface area contributed by atoms with Crippen molar-refractivity contribution in [2.45, 2.75) is 45.6 Å². The molecule has 1 heterocycles. The van der Waals surface area contributed by atoms with Crippen LogP contribution in [-0.4, -0.2) is 34.2 Å². The van der Waals surface area contributed by atoms with Crippen molar-refractivity contribution in [2.24, 2.45) is 0 Å². The maximum Gasteiger partial charge on any atom is 0.295 e. The van der Waals surface area contributed by atoms with Crippen molar-refractivity contribution in [3.63, 3.8) is 0 Å². The van der Waals surface area contributed by atoms with Crippen LogP contribution in [-0.2, 0) is 14.4 Å². The Bertz CT molecular complexity index is 1020. The summed E-state index contributed by atoms with van der Waals surface area (Å²) < 4.78 is 0. The Morgan fingerprint density at radius 2 is 1.68 bits per heavy atom. The summed E-state index contributed by atoms with van der Waals surface area (Å²) in [4.78, 5) is 37.9. The minimum atomic E-state index is -1.21. The standard InChI is InChI=1S/C25H27NO5/c1-15(2)17-10-12-18(13-11-17)22-21(23(29)19-8-6-16(3)7-9-19)24(30)25(31)26(22)14-4-5-20(27)28/h6-13,15,22,29H,4-5,14H2,1-3H3,(H,27,28)/p-1/t22-/m1/s1. The van der Waals surface area contributed by atoms with Gasteiger partial charge in [-0.15, -0.1) is 0 Å². The van der Waals surface area contributed by atoms with E-state index in [0.29, 0.717) is 17.0 Å². The quantitative estimate of drug-likeness (QED) is 0.422. The number of ketones is 1. The van der Waals surface area contributed by atoms with Crippen LogP contribution in [0.3, 0.4) is 0 Å². The van der Waals surface area contributed by atoms with Crippen molar-refractivity contribution in [1.29, 1.82) is 0 Å². The average Bonchev–Trinajstić information content (AvgIpc) is 2.98. The average molecular weight is 420 g/mol. The maximum atomic E-state index is 12.9. The lowest BCUT2D eigenvalue weighted by Gasteiger charge is -2.25. The van der Waals surface area contributed by atoms with E-state index in [4.69, 9.17) is 0 Å². The highest BCUT2D eigenvalue weighted by atomic mass is 16.4. The van der Waals surface area contributed by atoms with Gasteiger partial charge in [0.1, 0.15) is 5.76 Å². The molecule has 6 nitrogen and oxygen atoms in total. The molecule has 1 aliphatic rings. The van der Waals surface area contributed by atoms with E-state index in [-0.39, 0.29) is 30.7 Å². The predicted octanol–water partition coefficient (Wildman–Crippen LogP) is 3.07. The fraction of sp³-hybridized carbons (Fsp3) is 0.320. The zero-order valence-corrected chi connectivity index (χ0v) is 17.9. The van der Waals surface area contributed by atoms with Gasteiger partial charge >= 0.3 is 0 Å². The maximum absolute atomic E-state index is 12.9. The molecule has 0 unspecified atom stereocenters. The molecule has 3 rings (SSSR count). The number of rotatable bonds is 7. The molecule has 1 atom stereocenters. The predicted molar refractivity (Wildman–Crippen MR) is 115 cm³/mol. The molecule has 1 aliphatic heterocycles. The van der Waals surface area contributed by atoms with Crippen LogP contribution in [0.15, 0.2) is 54.1 Å². The molecule has 2 aromatic rings. The molecule has 1 N–H and O–H groups in total. The van der Waals surface area contributed by atoms with E-state index < -0.39 is 23.7 Å². The number of hydrogen-bond donors (Lipinski definition) is 1. The first kappa shape index (κ1) is 22.3. The van der Waals surface area contributed by atoms with E-state index in [2.05, 4.69) is 13.8 Å². The number of likely N-dealkylation sites (tertiary alicyclic amines) is 1. The summed E-state index contributed by atoms with van der Waals surface area (Å²) in [6.45, 7) is 6.12. The van der Waals surface area contributed by atoms with Gasteiger partial charge in [-0.2, -0.15) is 0 Å². The number of carbonyl (C=O) groups is 3. The van der Waals surface area contributed by atoms with Crippen molar-refractivity contribution in [3.05, 3.63) is 76.4 Å². The number of carboxylic acids is 1. The summed E-state index contributed by atoms with van der Waals surface area (Å²) in [6, 6.07) is 13.8. The highest BCUT2D eigenvalue weighted by Crippen LogP contribution is 2.39. The number of carbonyl (C=O) groups excluding carboxylic acids is 3. The lowest BCUT2D eigenvalue weighted by Crippen LogP contribution is -2.32. The summed E-state index contributed by atoms with van der Waals surface area (Å²) in [7, 11) is 0. The SMILES string of the molecule is Cc1ccc(C(O)=C2C(=O)C(=O)N(CCCC(=O)[O-])[C@@H]2c2ccc(C(C)C)cc2)cc1. The Labute approximate surface area is 181 Å². The van der Waals surface area contributed by atoms with Crippen LogP contribution in [0.25, 0.3) is 5.76 Å². The molecular weight excluding hydrogens is 394 g/mol. The van der Waals surface area contributed by atoms with Crippen LogP contribution in [0.5, 0.6) is 0 Å². The Kier molecular flexibility index (Phi) is 6.59. The van der Waals surface area contributed by atoms with Gasteiger partial charge in [-0.3, -0.25) is 9.59 Å². The summed E-state index contributed by atoms with van der Waals surface area (Å²) in [6.07, 6.45) is -0.0690. The van der Waals surface area contributed by atoms with Crippen LogP contribution in [0.2, 0.25) is 0 Å². The summed E-state index contributed by atoms with van der Waals surface area (Å²) in [5.74, 6) is -2.65. The van der Waals surface area contributed by atoms with Crippen LogP contribution in [0.1, 0.15) is 60.9 Å². The third-order valence-electron chi connectivity index (χ3n) is 5.56. The molecule has 1 saturated heterocycles. The minimum Gasteiger partial charge on any atom is -0.550 e. The van der Waals surface area contributed by atoms with Crippen molar-refractivity contribution >= 4 is 23.4 Å². The van der Waals surface area contributed by atoms with Gasteiger partial charge in [0.05, 0.1) is 11.6 Å². The number of aliphatic hydroxyl groups is 1. The zero-order valence-electron chi connectivity index (χ0n) is 17.9. The Hall–Kier alpha value is -3.41. The molecular formula is C25H26NO5-. The molecule has 6 heteroatoms. The molecule has 1 amide bonds. The van der Waals surface area contributed by atoms with Crippen LogP contribution < -0.4 is 5.11 Å². The first-order chi connectivity index (χ1) is 14.7. The molecule has 0 radical (unpaired) electrons. The van der Waals surface area contributed by atoms with Crippen molar-refractivity contribution < 1.29 is 24.6 Å². The minimum absolute atomic E-state index is 0.0135. The fourth-order valence-corrected chi connectivity index (χ4v) is 3.78. The van der Waals surface area contributed by atoms with E-state index in [9.17, 15) is 24.6 Å². The zero-order chi connectivity index (χ0) is 22.7. The molecule has 0 aromatic heterocycles. The summed E-state index contributed by atoms with van der Waals surface area (Å²) >= 11 is 0. The first-order valence-corrected chi connectivity index (χ1v) is 10.4. The smallest absolute Gasteiger partial charge is 0.295 e. The van der Waals surface area contributed by atoms with Gasteiger partial charge in [0.2, 0.25) is 0 Å². The van der Waals surface area contributed by atoms with Crippen LogP contribution in [0.4, 0.5) is 0 Å². The van der Waals surface area contributed by atoms with Crippen LogP contribution >= 0.6 is 0 Å². The molecule has 0 saturated carbocycles. The molecule has 31 heavy (non-hydrogen) atoms. The Morgan fingerprint density at radius 1 is 1.06 bits per heavy atom. The topological polar surface area (TPSA) is 97.7 Å². The number of amides is 1. The summed E-state index contributed by atoms with van der Waals surface area (Å²) in [5, 5.41) is 21.8. The molecule has 0 aliphatic carbocycles. The molecule has 1 fully saturated rings. The molecule has 2 aromatic carbocycles. The van der Waals surface area contributed by atoms with Crippen LogP contribution in [0, 0.1) is 6.92 Å². The van der Waals surface area contributed by atoms with Crippen molar-refractivity contribution in [1.82, 2.24) is 4.90 Å². The highest BCUT2D eigenvalue weighted by Gasteiger charge is 2.45. The molecule has 0 spiro atoms. The van der Waals surface area contributed by atoms with Crippen molar-refractivity contribution in [2.75, 3.05) is 6.54 Å². The number of aliphatic hydroxyl groups excluding tert-OH is 1. The van der Waals surface area contributed by atoms with E-state index in [0.717, 1.165) is 11.1 Å². The number of aryl methyl sites for hydroxylation is 1. The normalized spacial score (nSPS) is 18.1. The second-order valence-corrected chi connectivity index (χ2v) is 8.16. The Morgan fingerprint density at radius 3 is 2.23 bits per heavy atom. The number of benzene rings is 2. The van der Waals surface area contributed by atoms with Gasteiger partial charge in [0, 0.05) is 18.1 Å². The molecule has 162 valence electrons. The van der Waals surface area contributed by atoms with Gasteiger partial charge in [0.15, 0.2) is 0 Å². The number of hydrogen-bond acceptors (Lipinski definition) is 5. The summed E-state index contributed by atoms with van der Waals surface area (Å²) in [5.41, 5.74) is 3.25. The lowest BCUT2D eigenvalue weighted by atomic mass is 9.93.